The number of aromatic nitrogens is 2. The molecule has 0 unspecified atom stereocenters. The van der Waals surface area contributed by atoms with Crippen molar-refractivity contribution in [3.05, 3.63) is 27.7 Å². The molecule has 1 N–H and O–H groups in total. The molecule has 0 aliphatic carbocycles. The van der Waals surface area contributed by atoms with Gasteiger partial charge in [0.05, 0.1) is 9.21 Å². The molecule has 5 heteroatoms. The summed E-state index contributed by atoms with van der Waals surface area (Å²) in [6, 6.07) is 3.83. The highest BCUT2D eigenvalue weighted by Gasteiger charge is 2.15. The Labute approximate surface area is 116 Å². The molecule has 0 saturated carbocycles. The van der Waals surface area contributed by atoms with Crippen LogP contribution < -0.4 is 5.32 Å². The molecule has 2 aromatic rings. The zero-order valence-corrected chi connectivity index (χ0v) is 12.5. The average Bonchev–Trinajstić information content (AvgIpc) is 2.74. The first-order valence-electron chi connectivity index (χ1n) is 5.85. The van der Waals surface area contributed by atoms with Gasteiger partial charge in [-0.1, -0.05) is 25.4 Å². The van der Waals surface area contributed by atoms with Crippen LogP contribution in [0.25, 0.3) is 10.7 Å². The van der Waals surface area contributed by atoms with Crippen molar-refractivity contribution in [2.75, 3.05) is 12.4 Å². The fraction of sp³-hybridized carbons (Fsp3) is 0.385. The fourth-order valence-corrected chi connectivity index (χ4v) is 2.99. The van der Waals surface area contributed by atoms with Crippen LogP contribution in [0.3, 0.4) is 0 Å². The number of nitrogens with one attached hydrogen (secondary N) is 1. The van der Waals surface area contributed by atoms with E-state index in [1.807, 2.05) is 26.1 Å². The maximum absolute atomic E-state index is 5.95. The van der Waals surface area contributed by atoms with Crippen molar-refractivity contribution in [1.82, 2.24) is 9.97 Å². The third-order valence-corrected chi connectivity index (χ3v) is 3.97. The van der Waals surface area contributed by atoms with Gasteiger partial charge in [-0.2, -0.15) is 0 Å². The van der Waals surface area contributed by atoms with Crippen LogP contribution in [-0.4, -0.2) is 17.0 Å². The smallest absolute Gasteiger partial charge is 0.171 e. The van der Waals surface area contributed by atoms with Gasteiger partial charge in [-0.05, 0) is 25.0 Å². The van der Waals surface area contributed by atoms with Crippen LogP contribution in [0.15, 0.2) is 12.1 Å². The van der Waals surface area contributed by atoms with Crippen molar-refractivity contribution < 1.29 is 0 Å². The predicted octanol–water partition coefficient (Wildman–Crippen LogP) is 4.33. The van der Waals surface area contributed by atoms with Crippen LogP contribution in [0.2, 0.25) is 4.34 Å². The topological polar surface area (TPSA) is 37.8 Å². The molecule has 0 aliphatic rings. The number of anilines is 1. The van der Waals surface area contributed by atoms with Gasteiger partial charge in [-0.25, -0.2) is 9.97 Å². The first-order chi connectivity index (χ1) is 8.52. The number of aryl methyl sites for hydroxylation is 1. The number of hydrogen-bond donors (Lipinski definition) is 1. The van der Waals surface area contributed by atoms with Crippen LogP contribution in [0, 0.1) is 6.92 Å². The number of hydrogen-bond acceptors (Lipinski definition) is 4. The summed E-state index contributed by atoms with van der Waals surface area (Å²) in [4.78, 5) is 10.2. The van der Waals surface area contributed by atoms with Crippen LogP contribution in [0.1, 0.15) is 31.0 Å². The quantitative estimate of drug-likeness (QED) is 0.910. The maximum Gasteiger partial charge on any atom is 0.171 e. The molecule has 0 amide bonds. The van der Waals surface area contributed by atoms with Crippen molar-refractivity contribution in [3.8, 4) is 10.7 Å². The molecule has 0 atom stereocenters. The summed E-state index contributed by atoms with van der Waals surface area (Å²) in [5.41, 5.74) is 2.19. The monoisotopic (exact) mass is 281 g/mol. The second-order valence-electron chi connectivity index (χ2n) is 4.40. The van der Waals surface area contributed by atoms with Crippen molar-refractivity contribution in [2.24, 2.45) is 0 Å². The summed E-state index contributed by atoms with van der Waals surface area (Å²) in [5, 5.41) is 3.16. The Hall–Kier alpha value is -1.13. The molecular formula is C13H16ClN3S. The molecule has 0 spiro atoms. The lowest BCUT2D eigenvalue weighted by Gasteiger charge is -2.15. The Morgan fingerprint density at radius 3 is 2.50 bits per heavy atom. The fourth-order valence-electron chi connectivity index (χ4n) is 2.01. The molecular weight excluding hydrogens is 266 g/mol. The Morgan fingerprint density at radius 2 is 2.00 bits per heavy atom. The minimum absolute atomic E-state index is 0.397. The van der Waals surface area contributed by atoms with Crippen molar-refractivity contribution >= 4 is 28.8 Å². The molecule has 0 aliphatic heterocycles. The van der Waals surface area contributed by atoms with Crippen LogP contribution in [-0.2, 0) is 0 Å². The van der Waals surface area contributed by atoms with E-state index in [-0.39, 0.29) is 0 Å². The molecule has 0 aromatic carbocycles. The van der Waals surface area contributed by atoms with Gasteiger partial charge < -0.3 is 5.32 Å². The molecule has 2 aromatic heterocycles. The second-order valence-corrected chi connectivity index (χ2v) is 6.12. The third kappa shape index (κ3) is 2.49. The third-order valence-electron chi connectivity index (χ3n) is 2.74. The summed E-state index contributed by atoms with van der Waals surface area (Å²) in [5.74, 6) is 2.03. The van der Waals surface area contributed by atoms with Gasteiger partial charge in [0.2, 0.25) is 0 Å². The largest absolute Gasteiger partial charge is 0.373 e. The minimum atomic E-state index is 0.397. The number of rotatable bonds is 3. The van der Waals surface area contributed by atoms with Gasteiger partial charge in [0, 0.05) is 18.3 Å². The zero-order chi connectivity index (χ0) is 13.3. The molecule has 0 radical (unpaired) electrons. The number of thiophene rings is 1. The molecule has 3 nitrogen and oxygen atoms in total. The SMILES string of the molecule is CNc1nc(-c2ccc(Cl)s2)nc(C)c1C(C)C. The normalized spacial score (nSPS) is 11.0. The van der Waals surface area contributed by atoms with E-state index in [4.69, 9.17) is 11.6 Å². The highest BCUT2D eigenvalue weighted by Crippen LogP contribution is 2.32. The molecule has 0 fully saturated rings. The van der Waals surface area contributed by atoms with Crippen LogP contribution in [0.4, 0.5) is 5.82 Å². The van der Waals surface area contributed by atoms with Gasteiger partial charge in [-0.15, -0.1) is 11.3 Å². The van der Waals surface area contributed by atoms with E-state index in [1.54, 1.807) is 0 Å². The summed E-state index contributed by atoms with van der Waals surface area (Å²) < 4.78 is 0.755. The van der Waals surface area contributed by atoms with Gasteiger partial charge >= 0.3 is 0 Å². The molecule has 2 rings (SSSR count). The van der Waals surface area contributed by atoms with E-state index in [0.717, 1.165) is 26.5 Å². The summed E-state index contributed by atoms with van der Waals surface area (Å²) in [6.07, 6.45) is 0. The number of nitrogens with zero attached hydrogens (tertiary/aromatic N) is 2. The van der Waals surface area contributed by atoms with E-state index in [1.165, 1.54) is 16.9 Å². The summed E-state index contributed by atoms with van der Waals surface area (Å²) >= 11 is 7.45. The minimum Gasteiger partial charge on any atom is -0.373 e. The molecule has 96 valence electrons. The molecule has 0 bridgehead atoms. The first-order valence-corrected chi connectivity index (χ1v) is 7.04. The standard InChI is InChI=1S/C13H16ClN3S/c1-7(2)11-8(3)16-12(17-13(11)15-4)9-5-6-10(14)18-9/h5-7H,1-4H3,(H,15,16,17). The van der Waals surface area contributed by atoms with Crippen molar-refractivity contribution in [2.45, 2.75) is 26.7 Å². The van der Waals surface area contributed by atoms with Crippen molar-refractivity contribution in [3.63, 3.8) is 0 Å². The van der Waals surface area contributed by atoms with E-state index in [0.29, 0.717) is 5.92 Å². The van der Waals surface area contributed by atoms with Gasteiger partial charge in [0.15, 0.2) is 5.82 Å². The zero-order valence-electron chi connectivity index (χ0n) is 10.9. The summed E-state index contributed by atoms with van der Waals surface area (Å²) in [6.45, 7) is 6.32. The Morgan fingerprint density at radius 1 is 1.28 bits per heavy atom. The van der Waals surface area contributed by atoms with E-state index in [9.17, 15) is 0 Å². The predicted molar refractivity (Wildman–Crippen MR) is 78.7 cm³/mol. The van der Waals surface area contributed by atoms with Crippen LogP contribution >= 0.6 is 22.9 Å². The lowest BCUT2D eigenvalue weighted by Crippen LogP contribution is -2.06. The van der Waals surface area contributed by atoms with Gasteiger partial charge in [0.25, 0.3) is 0 Å². The van der Waals surface area contributed by atoms with Gasteiger partial charge in [0.1, 0.15) is 5.82 Å². The van der Waals surface area contributed by atoms with Crippen molar-refractivity contribution in [1.29, 1.82) is 0 Å². The lowest BCUT2D eigenvalue weighted by molar-refractivity contribution is 0.834. The van der Waals surface area contributed by atoms with E-state index < -0.39 is 0 Å². The summed E-state index contributed by atoms with van der Waals surface area (Å²) in [7, 11) is 1.89. The molecule has 2 heterocycles. The Balaban J connectivity index is 2.55. The molecule has 0 saturated heterocycles. The van der Waals surface area contributed by atoms with Gasteiger partial charge in [-0.3, -0.25) is 0 Å². The first kappa shape index (κ1) is 13.3. The second kappa shape index (κ2) is 5.24. The van der Waals surface area contributed by atoms with Crippen LogP contribution in [0.5, 0.6) is 0 Å². The van der Waals surface area contributed by atoms with E-state index >= 15 is 0 Å². The lowest BCUT2D eigenvalue weighted by atomic mass is 10.0. The highest BCUT2D eigenvalue weighted by molar-refractivity contribution is 7.19. The van der Waals surface area contributed by atoms with E-state index in [2.05, 4.69) is 29.1 Å². The highest BCUT2D eigenvalue weighted by atomic mass is 35.5. The molecule has 18 heavy (non-hydrogen) atoms. The average molecular weight is 282 g/mol. The maximum atomic E-state index is 5.95. The number of halogens is 1. The Kier molecular flexibility index (Phi) is 3.88. The Bertz CT molecular complexity index is 563.